The van der Waals surface area contributed by atoms with E-state index >= 15 is 0 Å². The highest BCUT2D eigenvalue weighted by molar-refractivity contribution is 6.69. The van der Waals surface area contributed by atoms with E-state index in [4.69, 9.17) is 9.16 Å². The lowest BCUT2D eigenvalue weighted by atomic mass is 9.88. The lowest BCUT2D eigenvalue weighted by Gasteiger charge is -2.17. The van der Waals surface area contributed by atoms with Crippen LogP contribution in [-0.2, 0) is 9.16 Å². The maximum atomic E-state index is 6.17. The van der Waals surface area contributed by atoms with Crippen molar-refractivity contribution < 1.29 is 9.16 Å². The summed E-state index contributed by atoms with van der Waals surface area (Å²) < 4.78 is 12.1. The molecule has 0 heterocycles. The Hall–Kier alpha value is -2.36. The number of allylic oxidation sites excluding steroid dienone is 4. The van der Waals surface area contributed by atoms with Gasteiger partial charge in [0.25, 0.3) is 0 Å². The van der Waals surface area contributed by atoms with E-state index in [9.17, 15) is 0 Å². The molecule has 28 heavy (non-hydrogen) atoms. The van der Waals surface area contributed by atoms with Crippen LogP contribution in [-0.4, -0.2) is 21.5 Å². The Balaban J connectivity index is 1.61. The number of rotatable bonds is 6. The zero-order valence-corrected chi connectivity index (χ0v) is 18.2. The van der Waals surface area contributed by atoms with E-state index in [1.807, 2.05) is 0 Å². The number of hydrogen-bond acceptors (Lipinski definition) is 2. The Kier molecular flexibility index (Phi) is 5.13. The molecule has 0 spiro atoms. The van der Waals surface area contributed by atoms with Gasteiger partial charge < -0.3 is 9.16 Å². The second kappa shape index (κ2) is 7.57. The summed E-state index contributed by atoms with van der Waals surface area (Å²) in [7, 11) is -1.51. The molecule has 2 aliphatic rings. The van der Waals surface area contributed by atoms with Gasteiger partial charge in [-0.3, -0.25) is 0 Å². The van der Waals surface area contributed by atoms with Crippen LogP contribution < -0.4 is 0 Å². The average Bonchev–Trinajstić information content (AvgIpc) is 3.22. The van der Waals surface area contributed by atoms with Crippen molar-refractivity contribution in [2.24, 2.45) is 0 Å². The second-order valence-corrected chi connectivity index (χ2v) is 12.8. The van der Waals surface area contributed by atoms with Gasteiger partial charge in [-0.15, -0.1) is 0 Å². The number of ether oxygens (including phenoxy) is 1. The Bertz CT molecular complexity index is 976. The monoisotopic (exact) mass is 388 g/mol. The molecule has 0 bridgehead atoms. The van der Waals surface area contributed by atoms with Gasteiger partial charge in [-0.1, -0.05) is 54.6 Å². The molecule has 1 atom stereocenters. The van der Waals surface area contributed by atoms with Crippen molar-refractivity contribution in [3.63, 3.8) is 0 Å². The summed E-state index contributed by atoms with van der Waals surface area (Å²) in [4.78, 5) is 0. The highest BCUT2D eigenvalue weighted by Gasteiger charge is 2.31. The molecule has 0 aromatic heterocycles. The second-order valence-electron chi connectivity index (χ2n) is 8.29. The fourth-order valence-corrected chi connectivity index (χ4v) is 4.75. The van der Waals surface area contributed by atoms with E-state index in [-0.39, 0.29) is 5.92 Å². The minimum atomic E-state index is -1.51. The molecule has 0 radical (unpaired) electrons. The van der Waals surface area contributed by atoms with Crippen molar-refractivity contribution in [1.29, 1.82) is 0 Å². The van der Waals surface area contributed by atoms with Gasteiger partial charge in [0.05, 0.1) is 6.61 Å². The summed E-state index contributed by atoms with van der Waals surface area (Å²) >= 11 is 0. The van der Waals surface area contributed by atoms with E-state index in [0.29, 0.717) is 13.2 Å². The van der Waals surface area contributed by atoms with Crippen LogP contribution in [0.2, 0.25) is 19.6 Å². The third kappa shape index (κ3) is 3.65. The first-order valence-electron chi connectivity index (χ1n) is 10.0. The average molecular weight is 389 g/mol. The molecule has 2 aromatic rings. The van der Waals surface area contributed by atoms with Crippen LogP contribution in [0.4, 0.5) is 0 Å². The predicted molar refractivity (Wildman–Crippen MR) is 120 cm³/mol. The fraction of sp³-hybridized carbons (Fsp3) is 0.280. The highest BCUT2D eigenvalue weighted by Crippen LogP contribution is 2.48. The van der Waals surface area contributed by atoms with Gasteiger partial charge in [-0.2, -0.15) is 0 Å². The molecule has 1 unspecified atom stereocenters. The normalized spacial score (nSPS) is 19.3. The zero-order valence-electron chi connectivity index (χ0n) is 17.2. The smallest absolute Gasteiger partial charge is 0.183 e. The standard InChI is InChI=1S/C25H28O2Si/c1-5-19-20-11-7-6-10-18(20)16-23(19)24-17-25(22-13-9-8-12-21(22)24)26-14-15-27-28(2,3)4/h5-13,16-17,24H,14-15H2,1-4H3. The van der Waals surface area contributed by atoms with E-state index in [0.717, 1.165) is 5.76 Å². The molecule has 2 nitrogen and oxygen atoms in total. The Morgan fingerprint density at radius 2 is 1.64 bits per heavy atom. The van der Waals surface area contributed by atoms with Crippen molar-refractivity contribution in [1.82, 2.24) is 0 Å². The number of benzene rings is 2. The van der Waals surface area contributed by atoms with E-state index in [1.54, 1.807) is 0 Å². The van der Waals surface area contributed by atoms with Crippen molar-refractivity contribution in [3.8, 4) is 0 Å². The zero-order chi connectivity index (χ0) is 19.7. The summed E-state index contributed by atoms with van der Waals surface area (Å²) in [6, 6.07) is 17.2. The molecule has 0 amide bonds. The van der Waals surface area contributed by atoms with E-state index < -0.39 is 8.32 Å². The summed E-state index contributed by atoms with van der Waals surface area (Å²) in [5.74, 6) is 1.20. The van der Waals surface area contributed by atoms with Gasteiger partial charge in [0.1, 0.15) is 12.4 Å². The SMILES string of the molecule is CC=C1C(C2C=C(OCCO[Si](C)(C)C)c3ccccc32)=Cc2ccccc21. The van der Waals surface area contributed by atoms with Crippen LogP contribution in [0, 0.1) is 0 Å². The van der Waals surface area contributed by atoms with Crippen LogP contribution in [0.15, 0.2) is 66.3 Å². The maximum absolute atomic E-state index is 6.17. The molecule has 2 aromatic carbocycles. The van der Waals surface area contributed by atoms with Crippen LogP contribution >= 0.6 is 0 Å². The minimum Gasteiger partial charge on any atom is -0.491 e. The number of fused-ring (bicyclic) bond motifs is 2. The van der Waals surface area contributed by atoms with Gasteiger partial charge >= 0.3 is 0 Å². The van der Waals surface area contributed by atoms with Crippen LogP contribution in [0.1, 0.15) is 35.1 Å². The van der Waals surface area contributed by atoms with Crippen LogP contribution in [0.25, 0.3) is 17.4 Å². The largest absolute Gasteiger partial charge is 0.491 e. The van der Waals surface area contributed by atoms with Gasteiger partial charge in [-0.05, 0) is 66.6 Å². The van der Waals surface area contributed by atoms with Crippen LogP contribution in [0.3, 0.4) is 0 Å². The lowest BCUT2D eigenvalue weighted by molar-refractivity contribution is 0.191. The predicted octanol–water partition coefficient (Wildman–Crippen LogP) is 6.49. The molecule has 0 aliphatic heterocycles. The number of hydrogen-bond donors (Lipinski definition) is 0. The van der Waals surface area contributed by atoms with Crippen molar-refractivity contribution in [2.45, 2.75) is 32.5 Å². The third-order valence-corrected chi connectivity index (χ3v) is 6.32. The Morgan fingerprint density at radius 3 is 2.39 bits per heavy atom. The molecular formula is C25H28O2Si. The Morgan fingerprint density at radius 1 is 0.929 bits per heavy atom. The summed E-state index contributed by atoms with van der Waals surface area (Å²) in [6.07, 6.45) is 6.84. The van der Waals surface area contributed by atoms with E-state index in [2.05, 4.69) is 93.3 Å². The van der Waals surface area contributed by atoms with Crippen molar-refractivity contribution in [3.05, 3.63) is 88.5 Å². The molecule has 3 heteroatoms. The maximum Gasteiger partial charge on any atom is 0.183 e. The molecule has 0 saturated heterocycles. The topological polar surface area (TPSA) is 18.5 Å². The molecule has 4 rings (SSSR count). The summed E-state index contributed by atoms with van der Waals surface area (Å²) in [6.45, 7) is 9.98. The summed E-state index contributed by atoms with van der Waals surface area (Å²) in [5.41, 5.74) is 7.83. The third-order valence-electron chi connectivity index (χ3n) is 5.25. The molecular weight excluding hydrogens is 360 g/mol. The first kappa shape index (κ1) is 19.0. The van der Waals surface area contributed by atoms with Crippen LogP contribution in [0.5, 0.6) is 0 Å². The van der Waals surface area contributed by atoms with Gasteiger partial charge in [0.15, 0.2) is 8.32 Å². The van der Waals surface area contributed by atoms with Gasteiger partial charge in [-0.25, -0.2) is 0 Å². The molecule has 0 saturated carbocycles. The van der Waals surface area contributed by atoms with Crippen molar-refractivity contribution >= 4 is 25.7 Å². The lowest BCUT2D eigenvalue weighted by Crippen LogP contribution is -2.27. The minimum absolute atomic E-state index is 0.225. The van der Waals surface area contributed by atoms with E-state index in [1.165, 1.54) is 33.4 Å². The first-order valence-corrected chi connectivity index (χ1v) is 13.4. The quantitative estimate of drug-likeness (QED) is 0.416. The fourth-order valence-electron chi connectivity index (χ4n) is 4.05. The molecule has 144 valence electrons. The Labute approximate surface area is 169 Å². The molecule has 2 aliphatic carbocycles. The summed E-state index contributed by atoms with van der Waals surface area (Å²) in [5, 5.41) is 0. The molecule has 0 fully saturated rings. The van der Waals surface area contributed by atoms with Crippen molar-refractivity contribution in [2.75, 3.05) is 13.2 Å². The highest BCUT2D eigenvalue weighted by atomic mass is 28.4. The first-order chi connectivity index (χ1) is 13.5. The molecule has 0 N–H and O–H groups in total. The van der Waals surface area contributed by atoms with Gasteiger partial charge in [0.2, 0.25) is 0 Å². The van der Waals surface area contributed by atoms with Gasteiger partial charge in [0, 0.05) is 11.5 Å².